The van der Waals surface area contributed by atoms with Gasteiger partial charge in [0.1, 0.15) is 11.6 Å². The Balaban J connectivity index is 0.00000300. The average Bonchev–Trinajstić information content (AvgIpc) is 3.13. The summed E-state index contributed by atoms with van der Waals surface area (Å²) >= 11 is 0. The highest BCUT2D eigenvalue weighted by Gasteiger charge is 2.26. The molecule has 29 heavy (non-hydrogen) atoms. The maximum Gasteiger partial charge on any atom is 0.191 e. The van der Waals surface area contributed by atoms with Crippen molar-refractivity contribution < 1.29 is 13.5 Å². The molecule has 164 valence electrons. The van der Waals surface area contributed by atoms with Crippen LogP contribution in [0.1, 0.15) is 20.3 Å². The molecule has 3 rings (SSSR count). The van der Waals surface area contributed by atoms with Gasteiger partial charge in [-0.05, 0) is 32.4 Å². The third-order valence-electron chi connectivity index (χ3n) is 5.55. The van der Waals surface area contributed by atoms with Crippen molar-refractivity contribution in [3.05, 3.63) is 29.8 Å². The van der Waals surface area contributed by atoms with Gasteiger partial charge in [-0.3, -0.25) is 9.89 Å². The molecule has 1 aromatic rings. The van der Waals surface area contributed by atoms with Crippen molar-refractivity contribution in [3.8, 4) is 0 Å². The lowest BCUT2D eigenvalue weighted by Gasteiger charge is -2.38. The number of rotatable bonds is 5. The second kappa shape index (κ2) is 11.3. The highest BCUT2D eigenvalue weighted by Crippen LogP contribution is 2.24. The molecule has 2 heterocycles. The first-order chi connectivity index (χ1) is 13.5. The number of nitrogens with zero attached hydrogens (tertiary/aromatic N) is 3. The van der Waals surface area contributed by atoms with Crippen LogP contribution < -0.4 is 15.5 Å². The van der Waals surface area contributed by atoms with Gasteiger partial charge in [-0.25, -0.2) is 8.78 Å². The summed E-state index contributed by atoms with van der Waals surface area (Å²) in [4.78, 5) is 8.71. The molecule has 2 N–H and O–H groups in total. The van der Waals surface area contributed by atoms with Gasteiger partial charge in [0.2, 0.25) is 0 Å². The number of hydrogen-bond donors (Lipinski definition) is 2. The third-order valence-corrected chi connectivity index (χ3v) is 5.55. The smallest absolute Gasteiger partial charge is 0.191 e. The van der Waals surface area contributed by atoms with Gasteiger partial charge in [-0.2, -0.15) is 0 Å². The van der Waals surface area contributed by atoms with Crippen molar-refractivity contribution in [2.24, 2.45) is 4.99 Å². The fourth-order valence-electron chi connectivity index (χ4n) is 3.98. The van der Waals surface area contributed by atoms with Crippen LogP contribution in [0.15, 0.2) is 23.2 Å². The van der Waals surface area contributed by atoms with E-state index in [0.717, 1.165) is 51.3 Å². The van der Waals surface area contributed by atoms with Crippen molar-refractivity contribution >= 4 is 35.6 Å². The molecular formula is C20H32F2IN5O. The SMILES string of the molecule is CN=C(NCC(C)N1CCOCC1C)NC1CCN(c2ccc(F)cc2F)C1.I. The quantitative estimate of drug-likeness (QED) is 0.353. The Labute approximate surface area is 189 Å². The molecule has 0 radical (unpaired) electrons. The minimum Gasteiger partial charge on any atom is -0.379 e. The van der Waals surface area contributed by atoms with E-state index in [1.807, 2.05) is 4.90 Å². The summed E-state index contributed by atoms with van der Waals surface area (Å²) in [6, 6.07) is 4.68. The van der Waals surface area contributed by atoms with Crippen LogP contribution >= 0.6 is 24.0 Å². The normalized spacial score (nSPS) is 24.2. The number of anilines is 1. The number of aliphatic imine (C=N–C) groups is 1. The molecule has 2 aliphatic rings. The van der Waals surface area contributed by atoms with Crippen LogP contribution in [-0.2, 0) is 4.74 Å². The van der Waals surface area contributed by atoms with E-state index in [4.69, 9.17) is 4.74 Å². The van der Waals surface area contributed by atoms with Crippen LogP contribution in [-0.4, -0.2) is 75.4 Å². The molecule has 3 unspecified atom stereocenters. The van der Waals surface area contributed by atoms with Gasteiger partial charge in [0, 0.05) is 57.4 Å². The second-order valence-corrected chi connectivity index (χ2v) is 7.64. The van der Waals surface area contributed by atoms with E-state index < -0.39 is 11.6 Å². The average molecular weight is 523 g/mol. The fraction of sp³-hybridized carbons (Fsp3) is 0.650. The predicted molar refractivity (Wildman–Crippen MR) is 123 cm³/mol. The molecule has 2 fully saturated rings. The van der Waals surface area contributed by atoms with Crippen LogP contribution in [0.25, 0.3) is 0 Å². The molecule has 0 saturated carbocycles. The van der Waals surface area contributed by atoms with Crippen LogP contribution in [0.4, 0.5) is 14.5 Å². The Morgan fingerprint density at radius 1 is 1.34 bits per heavy atom. The zero-order valence-corrected chi connectivity index (χ0v) is 19.7. The number of morpholine rings is 1. The molecule has 0 amide bonds. The van der Waals surface area contributed by atoms with Gasteiger partial charge in [-0.1, -0.05) is 0 Å². The number of nitrogens with one attached hydrogen (secondary N) is 2. The van der Waals surface area contributed by atoms with Gasteiger partial charge < -0.3 is 20.3 Å². The summed E-state index contributed by atoms with van der Waals surface area (Å²) in [5, 5.41) is 6.82. The number of halogens is 3. The molecular weight excluding hydrogens is 491 g/mol. The summed E-state index contributed by atoms with van der Waals surface area (Å²) in [6.45, 7) is 9.04. The monoisotopic (exact) mass is 523 g/mol. The van der Waals surface area contributed by atoms with Crippen LogP contribution in [0.5, 0.6) is 0 Å². The summed E-state index contributed by atoms with van der Waals surface area (Å²) in [7, 11) is 1.75. The number of hydrogen-bond acceptors (Lipinski definition) is 4. The topological polar surface area (TPSA) is 52.1 Å². The molecule has 2 saturated heterocycles. The molecule has 0 aromatic heterocycles. The highest BCUT2D eigenvalue weighted by molar-refractivity contribution is 14.0. The zero-order chi connectivity index (χ0) is 20.1. The summed E-state index contributed by atoms with van der Waals surface area (Å²) < 4.78 is 32.7. The maximum atomic E-state index is 14.0. The van der Waals surface area contributed by atoms with Gasteiger partial charge in [0.05, 0.1) is 18.9 Å². The molecule has 0 spiro atoms. The van der Waals surface area contributed by atoms with Crippen LogP contribution in [0.2, 0.25) is 0 Å². The van der Waals surface area contributed by atoms with E-state index in [9.17, 15) is 8.78 Å². The van der Waals surface area contributed by atoms with Crippen molar-refractivity contribution in [1.29, 1.82) is 0 Å². The van der Waals surface area contributed by atoms with Gasteiger partial charge in [0.15, 0.2) is 5.96 Å². The lowest BCUT2D eigenvalue weighted by molar-refractivity contribution is -0.0174. The number of ether oxygens (including phenoxy) is 1. The zero-order valence-electron chi connectivity index (χ0n) is 17.3. The predicted octanol–water partition coefficient (Wildman–Crippen LogP) is 2.44. The first-order valence-electron chi connectivity index (χ1n) is 9.98. The third kappa shape index (κ3) is 6.39. The summed E-state index contributed by atoms with van der Waals surface area (Å²) in [5.74, 6) is -0.320. The molecule has 6 nitrogen and oxygen atoms in total. The molecule has 1 aromatic carbocycles. The first kappa shape index (κ1) is 24.1. The van der Waals surface area contributed by atoms with E-state index in [1.54, 1.807) is 7.05 Å². The van der Waals surface area contributed by atoms with Crippen molar-refractivity contribution in [2.75, 3.05) is 51.3 Å². The summed E-state index contributed by atoms with van der Waals surface area (Å²) in [6.07, 6.45) is 0.869. The fourth-order valence-corrected chi connectivity index (χ4v) is 3.98. The Kier molecular flexibility index (Phi) is 9.35. The Bertz CT molecular complexity index is 693. The van der Waals surface area contributed by atoms with E-state index in [0.29, 0.717) is 24.3 Å². The lowest BCUT2D eigenvalue weighted by Crippen LogP contribution is -2.53. The summed E-state index contributed by atoms with van der Waals surface area (Å²) in [5.41, 5.74) is 0.448. The van der Waals surface area contributed by atoms with E-state index in [1.165, 1.54) is 12.1 Å². The van der Waals surface area contributed by atoms with Gasteiger partial charge in [0.25, 0.3) is 0 Å². The first-order valence-corrected chi connectivity index (χ1v) is 9.98. The Morgan fingerprint density at radius 2 is 2.14 bits per heavy atom. The Morgan fingerprint density at radius 3 is 2.83 bits per heavy atom. The maximum absolute atomic E-state index is 14.0. The Hall–Kier alpha value is -1.20. The van der Waals surface area contributed by atoms with E-state index in [-0.39, 0.29) is 30.0 Å². The second-order valence-electron chi connectivity index (χ2n) is 7.64. The lowest BCUT2D eigenvalue weighted by atomic mass is 10.2. The highest BCUT2D eigenvalue weighted by atomic mass is 127. The van der Waals surface area contributed by atoms with Crippen LogP contribution in [0, 0.1) is 11.6 Å². The minimum atomic E-state index is -0.552. The number of guanidine groups is 1. The van der Waals surface area contributed by atoms with E-state index >= 15 is 0 Å². The minimum absolute atomic E-state index is 0. The largest absolute Gasteiger partial charge is 0.379 e. The molecule has 0 aliphatic carbocycles. The standard InChI is InChI=1S/C20H31F2N5O.HI/c1-14(27-8-9-28-13-15(27)2)11-24-20(23-3)25-17-6-7-26(12-17)19-5-4-16(21)10-18(19)22;/h4-5,10,14-15,17H,6-9,11-13H2,1-3H3,(H2,23,24,25);1H. The number of benzene rings is 1. The molecule has 0 bridgehead atoms. The van der Waals surface area contributed by atoms with E-state index in [2.05, 4.69) is 34.4 Å². The van der Waals surface area contributed by atoms with Gasteiger partial charge in [-0.15, -0.1) is 24.0 Å². The molecule has 3 atom stereocenters. The van der Waals surface area contributed by atoms with Crippen molar-refractivity contribution in [2.45, 2.75) is 38.4 Å². The van der Waals surface area contributed by atoms with Crippen molar-refractivity contribution in [1.82, 2.24) is 15.5 Å². The van der Waals surface area contributed by atoms with Gasteiger partial charge >= 0.3 is 0 Å². The molecule has 9 heteroatoms. The van der Waals surface area contributed by atoms with Crippen LogP contribution in [0.3, 0.4) is 0 Å². The molecule has 2 aliphatic heterocycles. The van der Waals surface area contributed by atoms with Crippen molar-refractivity contribution in [3.63, 3.8) is 0 Å².